The molecule has 1 aliphatic carbocycles. The van der Waals surface area contributed by atoms with E-state index in [-0.39, 0.29) is 18.8 Å². The molecular weight excluding hydrogens is 238 g/mol. The van der Waals surface area contributed by atoms with Crippen LogP contribution in [-0.2, 0) is 0 Å². The molecule has 1 aromatic carbocycles. The van der Waals surface area contributed by atoms with Crippen molar-refractivity contribution in [1.82, 2.24) is 4.98 Å². The van der Waals surface area contributed by atoms with Gasteiger partial charge in [-0.3, -0.25) is 0 Å². The monoisotopic (exact) mass is 252 g/mol. The molecule has 1 saturated carbocycles. The minimum Gasteiger partial charge on any atom is -0.440 e. The van der Waals surface area contributed by atoms with E-state index in [0.717, 1.165) is 5.52 Å². The number of rotatable bonds is 1. The standard InChI is InChI=1S/C13H14F2N2O/c14-13(15)5-3-8(4-6-13)12-17-10-2-1-9(16)7-11(10)18-12/h1-2,7-8H,3-6,16H2. The van der Waals surface area contributed by atoms with Crippen molar-refractivity contribution in [3.63, 3.8) is 0 Å². The Kier molecular flexibility index (Phi) is 2.50. The summed E-state index contributed by atoms with van der Waals surface area (Å²) >= 11 is 0. The first-order valence-electron chi connectivity index (χ1n) is 6.07. The van der Waals surface area contributed by atoms with Gasteiger partial charge in [-0.25, -0.2) is 13.8 Å². The van der Waals surface area contributed by atoms with Gasteiger partial charge in [-0.1, -0.05) is 0 Å². The largest absolute Gasteiger partial charge is 0.440 e. The molecule has 1 aromatic heterocycles. The molecule has 3 rings (SSSR count). The molecule has 0 aliphatic heterocycles. The second-order valence-electron chi connectivity index (χ2n) is 4.91. The minimum atomic E-state index is -2.52. The Bertz CT molecular complexity index is 569. The van der Waals surface area contributed by atoms with Crippen molar-refractivity contribution in [2.75, 3.05) is 5.73 Å². The Hall–Kier alpha value is -1.65. The predicted octanol–water partition coefficient (Wildman–Crippen LogP) is 3.70. The highest BCUT2D eigenvalue weighted by Gasteiger charge is 2.37. The first kappa shape index (κ1) is 11.4. The summed E-state index contributed by atoms with van der Waals surface area (Å²) in [5.74, 6) is -1.96. The molecule has 1 heterocycles. The molecular formula is C13H14F2N2O. The van der Waals surface area contributed by atoms with Crippen LogP contribution >= 0.6 is 0 Å². The number of oxazole rings is 1. The summed E-state index contributed by atoms with van der Waals surface area (Å²) in [6.45, 7) is 0. The number of halogens is 2. The van der Waals surface area contributed by atoms with E-state index in [1.165, 1.54) is 0 Å². The van der Waals surface area contributed by atoms with Gasteiger partial charge in [0.1, 0.15) is 5.52 Å². The summed E-state index contributed by atoms with van der Waals surface area (Å²) in [4.78, 5) is 4.36. The molecule has 0 amide bonds. The zero-order valence-corrected chi connectivity index (χ0v) is 9.83. The number of benzene rings is 1. The highest BCUT2D eigenvalue weighted by Crippen LogP contribution is 2.41. The molecule has 1 aliphatic rings. The van der Waals surface area contributed by atoms with Gasteiger partial charge >= 0.3 is 0 Å². The van der Waals surface area contributed by atoms with Crippen LogP contribution in [0.2, 0.25) is 0 Å². The van der Waals surface area contributed by atoms with Crippen LogP contribution in [0.5, 0.6) is 0 Å². The van der Waals surface area contributed by atoms with Crippen molar-refractivity contribution in [2.45, 2.75) is 37.5 Å². The lowest BCUT2D eigenvalue weighted by atomic mass is 9.87. The number of nitrogens with zero attached hydrogens (tertiary/aromatic N) is 1. The number of aromatic nitrogens is 1. The molecule has 0 spiro atoms. The van der Waals surface area contributed by atoms with Gasteiger partial charge in [0, 0.05) is 30.5 Å². The first-order chi connectivity index (χ1) is 8.53. The lowest BCUT2D eigenvalue weighted by molar-refractivity contribution is -0.0397. The van der Waals surface area contributed by atoms with Crippen LogP contribution in [0.15, 0.2) is 22.6 Å². The molecule has 96 valence electrons. The third-order valence-corrected chi connectivity index (χ3v) is 3.50. The number of nitrogen functional groups attached to an aromatic ring is 1. The topological polar surface area (TPSA) is 52.0 Å². The summed E-state index contributed by atoms with van der Waals surface area (Å²) < 4.78 is 31.8. The maximum absolute atomic E-state index is 13.1. The van der Waals surface area contributed by atoms with Gasteiger partial charge in [0.25, 0.3) is 0 Å². The van der Waals surface area contributed by atoms with E-state index in [1.807, 2.05) is 0 Å². The zero-order chi connectivity index (χ0) is 12.8. The fourth-order valence-electron chi connectivity index (χ4n) is 2.42. The Morgan fingerprint density at radius 1 is 1.28 bits per heavy atom. The summed E-state index contributed by atoms with van der Waals surface area (Å²) in [5.41, 5.74) is 7.63. The van der Waals surface area contributed by atoms with Gasteiger partial charge in [0.15, 0.2) is 11.5 Å². The summed E-state index contributed by atoms with van der Waals surface area (Å²) in [6.07, 6.45) is 0.682. The van der Waals surface area contributed by atoms with Crippen molar-refractivity contribution in [3.8, 4) is 0 Å². The minimum absolute atomic E-state index is 0.00162. The number of anilines is 1. The van der Waals surface area contributed by atoms with Crippen LogP contribution < -0.4 is 5.73 Å². The fourth-order valence-corrected chi connectivity index (χ4v) is 2.42. The lowest BCUT2D eigenvalue weighted by Gasteiger charge is -2.26. The highest BCUT2D eigenvalue weighted by molar-refractivity contribution is 5.76. The van der Waals surface area contributed by atoms with E-state index in [9.17, 15) is 8.78 Å². The second kappa shape index (κ2) is 3.93. The van der Waals surface area contributed by atoms with Gasteiger partial charge in [-0.2, -0.15) is 0 Å². The van der Waals surface area contributed by atoms with E-state index < -0.39 is 5.92 Å². The maximum atomic E-state index is 13.1. The SMILES string of the molecule is Nc1ccc2nc(C3CCC(F)(F)CC3)oc2c1. The van der Waals surface area contributed by atoms with Gasteiger partial charge in [0.05, 0.1) is 0 Å². The van der Waals surface area contributed by atoms with Crippen LogP contribution in [0, 0.1) is 0 Å². The molecule has 0 radical (unpaired) electrons. The lowest BCUT2D eigenvalue weighted by Crippen LogP contribution is -2.23. The fraction of sp³-hybridized carbons (Fsp3) is 0.462. The van der Waals surface area contributed by atoms with E-state index >= 15 is 0 Å². The van der Waals surface area contributed by atoms with E-state index in [1.54, 1.807) is 18.2 Å². The zero-order valence-electron chi connectivity index (χ0n) is 9.83. The van der Waals surface area contributed by atoms with Crippen molar-refractivity contribution >= 4 is 16.8 Å². The van der Waals surface area contributed by atoms with Crippen LogP contribution in [0.4, 0.5) is 14.5 Å². The van der Waals surface area contributed by atoms with E-state index in [4.69, 9.17) is 10.2 Å². The van der Waals surface area contributed by atoms with Crippen molar-refractivity contribution < 1.29 is 13.2 Å². The Morgan fingerprint density at radius 3 is 2.72 bits per heavy atom. The van der Waals surface area contributed by atoms with Gasteiger partial charge < -0.3 is 10.2 Å². The summed E-state index contributed by atoms with van der Waals surface area (Å²) in [5, 5.41) is 0. The summed E-state index contributed by atoms with van der Waals surface area (Å²) in [7, 11) is 0. The number of hydrogen-bond donors (Lipinski definition) is 1. The van der Waals surface area contributed by atoms with Gasteiger partial charge in [-0.05, 0) is 25.0 Å². The van der Waals surface area contributed by atoms with Crippen LogP contribution in [0.1, 0.15) is 37.5 Å². The van der Waals surface area contributed by atoms with Crippen LogP contribution in [0.3, 0.4) is 0 Å². The van der Waals surface area contributed by atoms with Crippen molar-refractivity contribution in [3.05, 3.63) is 24.1 Å². The Morgan fingerprint density at radius 2 is 2.00 bits per heavy atom. The molecule has 18 heavy (non-hydrogen) atoms. The second-order valence-corrected chi connectivity index (χ2v) is 4.91. The highest BCUT2D eigenvalue weighted by atomic mass is 19.3. The van der Waals surface area contributed by atoms with Gasteiger partial charge in [0.2, 0.25) is 5.92 Å². The molecule has 1 fully saturated rings. The number of fused-ring (bicyclic) bond motifs is 1. The van der Waals surface area contributed by atoms with Crippen molar-refractivity contribution in [1.29, 1.82) is 0 Å². The predicted molar refractivity (Wildman–Crippen MR) is 64.6 cm³/mol. The first-order valence-corrected chi connectivity index (χ1v) is 6.07. The molecule has 0 atom stereocenters. The molecule has 0 bridgehead atoms. The van der Waals surface area contributed by atoms with Crippen molar-refractivity contribution in [2.24, 2.45) is 0 Å². The third kappa shape index (κ3) is 2.05. The van der Waals surface area contributed by atoms with E-state index in [2.05, 4.69) is 4.98 Å². The molecule has 3 nitrogen and oxygen atoms in total. The normalized spacial score (nSPS) is 20.3. The van der Waals surface area contributed by atoms with Crippen LogP contribution in [0.25, 0.3) is 11.1 Å². The van der Waals surface area contributed by atoms with E-state index in [0.29, 0.717) is 30.0 Å². The quantitative estimate of drug-likeness (QED) is 0.787. The summed E-state index contributed by atoms with van der Waals surface area (Å²) in [6, 6.07) is 5.25. The number of nitrogens with two attached hydrogens (primary N) is 1. The maximum Gasteiger partial charge on any atom is 0.248 e. The molecule has 0 saturated heterocycles. The average Bonchev–Trinajstić information content (AvgIpc) is 2.71. The Labute approximate surface area is 103 Å². The smallest absolute Gasteiger partial charge is 0.248 e. The molecule has 0 unspecified atom stereocenters. The Balaban J connectivity index is 1.87. The molecule has 2 N–H and O–H groups in total. The number of hydrogen-bond acceptors (Lipinski definition) is 3. The average molecular weight is 252 g/mol. The van der Waals surface area contributed by atoms with Gasteiger partial charge in [-0.15, -0.1) is 0 Å². The molecule has 5 heteroatoms. The molecule has 2 aromatic rings. The number of alkyl halides is 2. The van der Waals surface area contributed by atoms with Crippen LogP contribution in [-0.4, -0.2) is 10.9 Å². The third-order valence-electron chi connectivity index (χ3n) is 3.50.